The van der Waals surface area contributed by atoms with E-state index in [0.29, 0.717) is 0 Å². The molecule has 1 aliphatic rings. The molecule has 0 atom stereocenters. The fourth-order valence-electron chi connectivity index (χ4n) is 1.65. The lowest BCUT2D eigenvalue weighted by Gasteiger charge is -2.14. The van der Waals surface area contributed by atoms with Gasteiger partial charge in [0.1, 0.15) is 0 Å². The number of nitrogens with one attached hydrogen (secondary N) is 2. The van der Waals surface area contributed by atoms with Crippen LogP contribution in [-0.4, -0.2) is 43.7 Å². The molecule has 0 aromatic carbocycles. The second kappa shape index (κ2) is 7.51. The molecule has 0 saturated carbocycles. The van der Waals surface area contributed by atoms with Gasteiger partial charge in [0.2, 0.25) is 0 Å². The number of rotatable bonds is 6. The smallest absolute Gasteiger partial charge is 0.314 e. The predicted octanol–water partition coefficient (Wildman–Crippen LogP) is 0.996. The molecule has 15 heavy (non-hydrogen) atoms. The number of carbonyl (C=O) groups excluding carboxylic acids is 1. The van der Waals surface area contributed by atoms with Gasteiger partial charge in [-0.05, 0) is 38.8 Å². The van der Waals surface area contributed by atoms with Crippen LogP contribution in [0.4, 0.5) is 4.79 Å². The first-order valence-corrected chi connectivity index (χ1v) is 5.88. The molecule has 1 saturated heterocycles. The summed E-state index contributed by atoms with van der Waals surface area (Å²) in [6.45, 7) is 6.96. The van der Waals surface area contributed by atoms with Crippen LogP contribution in [0.1, 0.15) is 26.2 Å². The Morgan fingerprint density at radius 1 is 1.40 bits per heavy atom. The molecule has 0 spiro atoms. The van der Waals surface area contributed by atoms with Gasteiger partial charge in [0, 0.05) is 19.6 Å². The van der Waals surface area contributed by atoms with Gasteiger partial charge in [0.05, 0.1) is 0 Å². The Morgan fingerprint density at radius 2 is 2.20 bits per heavy atom. The Hall–Kier alpha value is -0.770. The van der Waals surface area contributed by atoms with E-state index in [2.05, 4.69) is 22.0 Å². The molecule has 2 amide bonds. The van der Waals surface area contributed by atoms with E-state index in [1.807, 2.05) is 6.92 Å². The lowest BCUT2D eigenvalue weighted by molar-refractivity contribution is 0.240. The molecular formula is C11H22N3O. The Bertz CT molecular complexity index is 179. The van der Waals surface area contributed by atoms with E-state index < -0.39 is 0 Å². The van der Waals surface area contributed by atoms with E-state index in [-0.39, 0.29) is 6.03 Å². The zero-order valence-electron chi connectivity index (χ0n) is 9.59. The van der Waals surface area contributed by atoms with E-state index in [1.54, 1.807) is 0 Å². The van der Waals surface area contributed by atoms with E-state index in [4.69, 9.17) is 0 Å². The van der Waals surface area contributed by atoms with Gasteiger partial charge >= 0.3 is 6.03 Å². The van der Waals surface area contributed by atoms with Gasteiger partial charge in [-0.3, -0.25) is 0 Å². The minimum absolute atomic E-state index is 0.0372. The Balaban J connectivity index is 1.89. The largest absolute Gasteiger partial charge is 0.338 e. The van der Waals surface area contributed by atoms with Crippen LogP contribution in [0.5, 0.6) is 0 Å². The highest BCUT2D eigenvalue weighted by atomic mass is 16.2. The van der Waals surface area contributed by atoms with Crippen molar-refractivity contribution in [3.05, 3.63) is 6.42 Å². The molecular weight excluding hydrogens is 190 g/mol. The van der Waals surface area contributed by atoms with Crippen LogP contribution in [0.25, 0.3) is 0 Å². The van der Waals surface area contributed by atoms with Crippen LogP contribution in [0.2, 0.25) is 0 Å². The van der Waals surface area contributed by atoms with E-state index in [0.717, 1.165) is 39.0 Å². The van der Waals surface area contributed by atoms with Crippen molar-refractivity contribution in [3.8, 4) is 0 Å². The number of hydrogen-bond donors (Lipinski definition) is 2. The number of amides is 2. The molecule has 0 aromatic rings. The van der Waals surface area contributed by atoms with Crippen LogP contribution < -0.4 is 10.6 Å². The highest BCUT2D eigenvalue weighted by Crippen LogP contribution is 2.05. The van der Waals surface area contributed by atoms with Crippen molar-refractivity contribution in [2.75, 3.05) is 32.7 Å². The summed E-state index contributed by atoms with van der Waals surface area (Å²) in [4.78, 5) is 13.6. The summed E-state index contributed by atoms with van der Waals surface area (Å²) in [5, 5.41) is 5.65. The summed E-state index contributed by atoms with van der Waals surface area (Å²) >= 11 is 0. The third-order valence-electron chi connectivity index (χ3n) is 2.51. The summed E-state index contributed by atoms with van der Waals surface area (Å²) in [7, 11) is 0. The minimum Gasteiger partial charge on any atom is -0.338 e. The van der Waals surface area contributed by atoms with E-state index >= 15 is 0 Å². The van der Waals surface area contributed by atoms with Crippen molar-refractivity contribution in [2.24, 2.45) is 0 Å². The quantitative estimate of drug-likeness (QED) is 0.645. The number of urea groups is 1. The van der Waals surface area contributed by atoms with Gasteiger partial charge in [0.25, 0.3) is 0 Å². The van der Waals surface area contributed by atoms with E-state index in [9.17, 15) is 4.79 Å². The van der Waals surface area contributed by atoms with Crippen LogP contribution >= 0.6 is 0 Å². The highest BCUT2D eigenvalue weighted by molar-refractivity contribution is 5.73. The molecule has 87 valence electrons. The zero-order chi connectivity index (χ0) is 10.9. The van der Waals surface area contributed by atoms with Gasteiger partial charge in [-0.2, -0.15) is 0 Å². The van der Waals surface area contributed by atoms with Crippen molar-refractivity contribution >= 4 is 6.03 Å². The molecule has 4 nitrogen and oxygen atoms in total. The van der Waals surface area contributed by atoms with Crippen LogP contribution in [0.3, 0.4) is 0 Å². The molecule has 1 radical (unpaired) electrons. The summed E-state index contributed by atoms with van der Waals surface area (Å²) in [5.74, 6) is 0. The SMILES string of the molecule is CCCNC(=O)NCCCN1C[CH]CC1. The molecule has 1 heterocycles. The summed E-state index contributed by atoms with van der Waals surface area (Å²) in [6, 6.07) is -0.0372. The number of nitrogens with zero attached hydrogens (tertiary/aromatic N) is 1. The molecule has 2 N–H and O–H groups in total. The molecule has 0 unspecified atom stereocenters. The Kier molecular flexibility index (Phi) is 6.16. The fourth-order valence-corrected chi connectivity index (χ4v) is 1.65. The topological polar surface area (TPSA) is 44.4 Å². The third-order valence-corrected chi connectivity index (χ3v) is 2.51. The number of likely N-dealkylation sites (tertiary alicyclic amines) is 1. The van der Waals surface area contributed by atoms with Gasteiger partial charge in [-0.1, -0.05) is 6.92 Å². The Morgan fingerprint density at radius 3 is 2.87 bits per heavy atom. The Labute approximate surface area is 92.4 Å². The van der Waals surface area contributed by atoms with Gasteiger partial charge in [-0.25, -0.2) is 4.79 Å². The molecule has 0 bridgehead atoms. The summed E-state index contributed by atoms with van der Waals surface area (Å²) in [5.41, 5.74) is 0. The monoisotopic (exact) mass is 212 g/mol. The van der Waals surface area contributed by atoms with Crippen LogP contribution in [0, 0.1) is 6.42 Å². The third kappa shape index (κ3) is 5.62. The maximum Gasteiger partial charge on any atom is 0.314 e. The predicted molar refractivity (Wildman–Crippen MR) is 61.7 cm³/mol. The highest BCUT2D eigenvalue weighted by Gasteiger charge is 2.10. The summed E-state index contributed by atoms with van der Waals surface area (Å²) < 4.78 is 0. The molecule has 1 rings (SSSR count). The molecule has 4 heteroatoms. The average Bonchev–Trinajstić information content (AvgIpc) is 2.74. The van der Waals surface area contributed by atoms with E-state index in [1.165, 1.54) is 13.0 Å². The van der Waals surface area contributed by atoms with Gasteiger partial charge in [0.15, 0.2) is 0 Å². The second-order valence-corrected chi connectivity index (χ2v) is 3.91. The van der Waals surface area contributed by atoms with Crippen LogP contribution in [-0.2, 0) is 0 Å². The fraction of sp³-hybridized carbons (Fsp3) is 0.818. The molecule has 1 fully saturated rings. The maximum absolute atomic E-state index is 11.2. The van der Waals surface area contributed by atoms with Crippen molar-refractivity contribution < 1.29 is 4.79 Å². The second-order valence-electron chi connectivity index (χ2n) is 3.91. The molecule has 0 aromatic heterocycles. The van der Waals surface area contributed by atoms with Crippen LogP contribution in [0.15, 0.2) is 0 Å². The number of hydrogen-bond acceptors (Lipinski definition) is 2. The first-order chi connectivity index (χ1) is 7.33. The normalized spacial score (nSPS) is 16.6. The summed E-state index contributed by atoms with van der Waals surface area (Å²) in [6.07, 6.45) is 5.54. The molecule has 0 aliphatic carbocycles. The van der Waals surface area contributed by atoms with Crippen molar-refractivity contribution in [1.82, 2.24) is 15.5 Å². The van der Waals surface area contributed by atoms with Crippen molar-refractivity contribution in [2.45, 2.75) is 26.2 Å². The number of carbonyl (C=O) groups is 1. The standard InChI is InChI=1S/C11H22N3O/c1-2-6-12-11(15)13-7-5-10-14-8-3-4-9-14/h3H,2,4-10H2,1H3,(H2,12,13,15). The lowest BCUT2D eigenvalue weighted by atomic mass is 10.4. The average molecular weight is 212 g/mol. The van der Waals surface area contributed by atoms with Crippen molar-refractivity contribution in [3.63, 3.8) is 0 Å². The zero-order valence-corrected chi connectivity index (χ0v) is 9.59. The minimum atomic E-state index is -0.0372. The van der Waals surface area contributed by atoms with Crippen molar-refractivity contribution in [1.29, 1.82) is 0 Å². The molecule has 1 aliphatic heterocycles. The first-order valence-electron chi connectivity index (χ1n) is 5.88. The first kappa shape index (κ1) is 12.3. The van der Waals surface area contributed by atoms with Gasteiger partial charge < -0.3 is 15.5 Å². The maximum atomic E-state index is 11.2. The lowest BCUT2D eigenvalue weighted by Crippen LogP contribution is -2.37. The van der Waals surface area contributed by atoms with Gasteiger partial charge in [-0.15, -0.1) is 0 Å².